The molecule has 0 aliphatic heterocycles. The van der Waals surface area contributed by atoms with Gasteiger partial charge in [0.2, 0.25) is 5.88 Å². The number of nitrogens with zero attached hydrogens (tertiary/aromatic N) is 2. The molecule has 0 atom stereocenters. The fourth-order valence-electron chi connectivity index (χ4n) is 1.70. The lowest BCUT2D eigenvalue weighted by Gasteiger charge is -2.08. The van der Waals surface area contributed by atoms with Gasteiger partial charge in [0.1, 0.15) is 5.75 Å². The van der Waals surface area contributed by atoms with Gasteiger partial charge in [0.05, 0.1) is 11.2 Å². The predicted molar refractivity (Wildman–Crippen MR) is 75.7 cm³/mol. The third kappa shape index (κ3) is 4.19. The van der Waals surface area contributed by atoms with E-state index >= 15 is 0 Å². The Morgan fingerprint density at radius 3 is 2.84 bits per heavy atom. The van der Waals surface area contributed by atoms with Crippen LogP contribution in [0.3, 0.4) is 0 Å². The van der Waals surface area contributed by atoms with Gasteiger partial charge in [-0.25, -0.2) is 4.98 Å². The number of rotatable bonds is 5. The lowest BCUT2D eigenvalue weighted by molar-refractivity contribution is 0.458. The standard InChI is InChI=1S/C14H16ClN3O/c1-3-16-7-11-4-10(2)18-14(5-11)19-13-6-12(15)8-17-9-13/h4-6,8-9,16H,3,7H2,1-2H3. The van der Waals surface area contributed by atoms with Crippen molar-refractivity contribution in [2.24, 2.45) is 0 Å². The van der Waals surface area contributed by atoms with E-state index in [4.69, 9.17) is 16.3 Å². The number of aryl methyl sites for hydroxylation is 1. The molecule has 2 heterocycles. The summed E-state index contributed by atoms with van der Waals surface area (Å²) in [6.45, 7) is 5.74. The summed E-state index contributed by atoms with van der Waals surface area (Å²) in [4.78, 5) is 8.32. The zero-order valence-electron chi connectivity index (χ0n) is 11.0. The van der Waals surface area contributed by atoms with Gasteiger partial charge in [-0.05, 0) is 25.1 Å². The zero-order chi connectivity index (χ0) is 13.7. The number of ether oxygens (including phenoxy) is 1. The average molecular weight is 278 g/mol. The summed E-state index contributed by atoms with van der Waals surface area (Å²) in [5.74, 6) is 1.14. The molecule has 0 amide bonds. The summed E-state index contributed by atoms with van der Waals surface area (Å²) < 4.78 is 5.67. The van der Waals surface area contributed by atoms with E-state index in [9.17, 15) is 0 Å². The first-order valence-corrected chi connectivity index (χ1v) is 6.52. The molecule has 19 heavy (non-hydrogen) atoms. The lowest BCUT2D eigenvalue weighted by Crippen LogP contribution is -2.12. The Labute approximate surface area is 117 Å². The monoisotopic (exact) mass is 277 g/mol. The van der Waals surface area contributed by atoms with Crippen molar-refractivity contribution in [1.82, 2.24) is 15.3 Å². The van der Waals surface area contributed by atoms with E-state index in [2.05, 4.69) is 22.2 Å². The van der Waals surface area contributed by atoms with Gasteiger partial charge in [-0.15, -0.1) is 0 Å². The molecule has 5 heteroatoms. The van der Waals surface area contributed by atoms with Gasteiger partial charge in [0, 0.05) is 30.6 Å². The van der Waals surface area contributed by atoms with Gasteiger partial charge in [0.25, 0.3) is 0 Å². The van der Waals surface area contributed by atoms with Crippen LogP contribution in [-0.2, 0) is 6.54 Å². The van der Waals surface area contributed by atoms with Crippen LogP contribution in [0.2, 0.25) is 5.02 Å². The smallest absolute Gasteiger partial charge is 0.219 e. The Hall–Kier alpha value is -1.65. The maximum atomic E-state index is 5.87. The van der Waals surface area contributed by atoms with Gasteiger partial charge in [0.15, 0.2) is 0 Å². The van der Waals surface area contributed by atoms with Crippen LogP contribution in [0.5, 0.6) is 11.6 Å². The van der Waals surface area contributed by atoms with Crippen LogP contribution in [0.1, 0.15) is 18.2 Å². The fraction of sp³-hybridized carbons (Fsp3) is 0.286. The largest absolute Gasteiger partial charge is 0.437 e. The van der Waals surface area contributed by atoms with E-state index in [1.165, 1.54) is 0 Å². The lowest BCUT2D eigenvalue weighted by atomic mass is 10.2. The SMILES string of the molecule is CCNCc1cc(C)nc(Oc2cncc(Cl)c2)c1. The molecule has 1 N–H and O–H groups in total. The van der Waals surface area contributed by atoms with Gasteiger partial charge >= 0.3 is 0 Å². The first kappa shape index (κ1) is 13.8. The molecule has 2 rings (SSSR count). The maximum absolute atomic E-state index is 5.87. The molecule has 4 nitrogen and oxygen atoms in total. The number of halogens is 1. The molecule has 100 valence electrons. The van der Waals surface area contributed by atoms with Crippen LogP contribution in [0.4, 0.5) is 0 Å². The molecule has 0 aliphatic rings. The van der Waals surface area contributed by atoms with Gasteiger partial charge in [-0.3, -0.25) is 4.98 Å². The highest BCUT2D eigenvalue weighted by atomic mass is 35.5. The third-order valence-electron chi connectivity index (χ3n) is 2.47. The zero-order valence-corrected chi connectivity index (χ0v) is 11.7. The second kappa shape index (κ2) is 6.50. The maximum Gasteiger partial charge on any atom is 0.219 e. The van der Waals surface area contributed by atoms with Crippen molar-refractivity contribution >= 4 is 11.6 Å². The van der Waals surface area contributed by atoms with Crippen LogP contribution in [-0.4, -0.2) is 16.5 Å². The highest BCUT2D eigenvalue weighted by molar-refractivity contribution is 6.30. The molecule has 0 fully saturated rings. The Morgan fingerprint density at radius 1 is 1.26 bits per heavy atom. The number of nitrogens with one attached hydrogen (secondary N) is 1. The van der Waals surface area contributed by atoms with Crippen molar-refractivity contribution in [2.45, 2.75) is 20.4 Å². The van der Waals surface area contributed by atoms with Crippen LogP contribution < -0.4 is 10.1 Å². The Morgan fingerprint density at radius 2 is 2.11 bits per heavy atom. The normalized spacial score (nSPS) is 10.5. The highest BCUT2D eigenvalue weighted by Crippen LogP contribution is 2.22. The molecule has 0 saturated carbocycles. The van der Waals surface area contributed by atoms with Crippen molar-refractivity contribution in [3.05, 3.63) is 46.9 Å². The fourth-order valence-corrected chi connectivity index (χ4v) is 1.86. The Balaban J connectivity index is 2.17. The summed E-state index contributed by atoms with van der Waals surface area (Å²) in [5.41, 5.74) is 2.06. The molecule has 0 aromatic carbocycles. The summed E-state index contributed by atoms with van der Waals surface area (Å²) >= 11 is 5.87. The minimum absolute atomic E-state index is 0.540. The highest BCUT2D eigenvalue weighted by Gasteiger charge is 2.04. The van der Waals surface area contributed by atoms with Crippen molar-refractivity contribution in [3.63, 3.8) is 0 Å². The van der Waals surface area contributed by atoms with Gasteiger partial charge in [-0.2, -0.15) is 0 Å². The van der Waals surface area contributed by atoms with E-state index in [-0.39, 0.29) is 0 Å². The molecule has 0 aliphatic carbocycles. The molecule has 2 aromatic rings. The van der Waals surface area contributed by atoms with Crippen LogP contribution in [0.15, 0.2) is 30.6 Å². The number of hydrogen-bond acceptors (Lipinski definition) is 4. The van der Waals surface area contributed by atoms with Crippen LogP contribution in [0.25, 0.3) is 0 Å². The Bertz CT molecular complexity index is 560. The predicted octanol–water partition coefficient (Wildman–Crippen LogP) is 3.34. The quantitative estimate of drug-likeness (QED) is 0.910. The molecular formula is C14H16ClN3O. The molecule has 0 bridgehead atoms. The number of hydrogen-bond donors (Lipinski definition) is 1. The first-order chi connectivity index (χ1) is 9.17. The average Bonchev–Trinajstić information content (AvgIpc) is 2.35. The molecule has 2 aromatic heterocycles. The minimum atomic E-state index is 0.540. The van der Waals surface area contributed by atoms with E-state index in [0.29, 0.717) is 16.7 Å². The Kier molecular flexibility index (Phi) is 4.71. The van der Waals surface area contributed by atoms with E-state index in [1.807, 2.05) is 19.1 Å². The van der Waals surface area contributed by atoms with Crippen molar-refractivity contribution < 1.29 is 4.74 Å². The molecular weight excluding hydrogens is 262 g/mol. The minimum Gasteiger partial charge on any atom is -0.437 e. The van der Waals surface area contributed by atoms with Crippen molar-refractivity contribution in [1.29, 1.82) is 0 Å². The second-order valence-corrected chi connectivity index (χ2v) is 4.61. The topological polar surface area (TPSA) is 47.0 Å². The second-order valence-electron chi connectivity index (χ2n) is 4.18. The van der Waals surface area contributed by atoms with E-state index < -0.39 is 0 Å². The molecule has 0 spiro atoms. The van der Waals surface area contributed by atoms with E-state index in [0.717, 1.165) is 24.3 Å². The summed E-state index contributed by atoms with van der Waals surface area (Å²) in [6, 6.07) is 5.66. The summed E-state index contributed by atoms with van der Waals surface area (Å²) in [5, 5.41) is 3.82. The van der Waals surface area contributed by atoms with E-state index in [1.54, 1.807) is 18.5 Å². The van der Waals surface area contributed by atoms with Crippen molar-refractivity contribution in [2.75, 3.05) is 6.54 Å². The van der Waals surface area contributed by atoms with Crippen LogP contribution in [0, 0.1) is 6.92 Å². The molecule has 0 saturated heterocycles. The van der Waals surface area contributed by atoms with Crippen LogP contribution >= 0.6 is 11.6 Å². The third-order valence-corrected chi connectivity index (χ3v) is 2.68. The molecule has 0 unspecified atom stereocenters. The first-order valence-electron chi connectivity index (χ1n) is 6.14. The number of pyridine rings is 2. The van der Waals surface area contributed by atoms with Crippen molar-refractivity contribution in [3.8, 4) is 11.6 Å². The van der Waals surface area contributed by atoms with Gasteiger partial charge < -0.3 is 10.1 Å². The summed E-state index contributed by atoms with van der Waals surface area (Å²) in [6.07, 6.45) is 3.18. The number of aromatic nitrogens is 2. The van der Waals surface area contributed by atoms with Gasteiger partial charge in [-0.1, -0.05) is 18.5 Å². The summed E-state index contributed by atoms with van der Waals surface area (Å²) in [7, 11) is 0. The molecule has 0 radical (unpaired) electrons.